The molecule has 1 amide bonds. The molecular formula is C24H29N3O3. The summed E-state index contributed by atoms with van der Waals surface area (Å²) in [5, 5.41) is 7.07. The zero-order chi connectivity index (χ0) is 21.3. The number of ether oxygens (including phenoxy) is 1. The molecule has 0 aliphatic heterocycles. The zero-order valence-electron chi connectivity index (χ0n) is 17.9. The van der Waals surface area contributed by atoms with Crippen LogP contribution in [-0.4, -0.2) is 42.2 Å². The van der Waals surface area contributed by atoms with Crippen molar-refractivity contribution >= 4 is 5.91 Å². The Morgan fingerprint density at radius 2 is 1.77 bits per heavy atom. The van der Waals surface area contributed by atoms with E-state index in [1.165, 1.54) is 0 Å². The first-order valence-electron chi connectivity index (χ1n) is 10.4. The highest BCUT2D eigenvalue weighted by Gasteiger charge is 2.21. The molecular weight excluding hydrogens is 378 g/mol. The lowest BCUT2D eigenvalue weighted by atomic mass is 10.1. The summed E-state index contributed by atoms with van der Waals surface area (Å²) in [6.07, 6.45) is 0. The van der Waals surface area contributed by atoms with E-state index in [1.54, 1.807) is 6.92 Å². The Hall–Kier alpha value is -3.12. The minimum atomic E-state index is -0.217. The fraction of sp³-hybridized carbons (Fsp3) is 0.333. The highest BCUT2D eigenvalue weighted by atomic mass is 16.5. The molecule has 3 rings (SSSR count). The molecule has 1 N–H and O–H groups in total. The number of hydrogen-bond donors (Lipinski definition) is 1. The molecule has 0 unspecified atom stereocenters. The number of nitrogens with one attached hydrogen (secondary N) is 1. The Balaban J connectivity index is 1.67. The van der Waals surface area contributed by atoms with Crippen LogP contribution in [0.15, 0.2) is 59.1 Å². The van der Waals surface area contributed by atoms with Crippen molar-refractivity contribution in [2.75, 3.05) is 26.2 Å². The largest absolute Gasteiger partial charge is 0.492 e. The molecule has 0 bridgehead atoms. The third-order valence-electron chi connectivity index (χ3n) is 5.11. The second-order valence-corrected chi connectivity index (χ2v) is 6.99. The number of hydrogen-bond acceptors (Lipinski definition) is 5. The summed E-state index contributed by atoms with van der Waals surface area (Å²) in [5.41, 5.74) is 2.79. The standard InChI is InChI=1S/C24H29N3O3/c1-4-27(5-2)15-16-29-21-14-10-9-13-20(21)17-25-24(28)22-18(3)30-26-23(22)19-11-7-6-8-12-19/h6-14H,4-5,15-17H2,1-3H3,(H,25,28). The number of likely N-dealkylation sites (N-methyl/N-ethyl adjacent to an activating group) is 1. The van der Waals surface area contributed by atoms with E-state index in [1.807, 2.05) is 54.6 Å². The van der Waals surface area contributed by atoms with Crippen molar-refractivity contribution in [2.45, 2.75) is 27.3 Å². The molecule has 0 spiro atoms. The van der Waals surface area contributed by atoms with Crippen LogP contribution in [0, 0.1) is 6.92 Å². The maximum Gasteiger partial charge on any atom is 0.257 e. The Morgan fingerprint density at radius 3 is 2.50 bits per heavy atom. The highest BCUT2D eigenvalue weighted by Crippen LogP contribution is 2.25. The number of aromatic nitrogens is 1. The Bertz CT molecular complexity index is 949. The van der Waals surface area contributed by atoms with Gasteiger partial charge in [-0.15, -0.1) is 0 Å². The lowest BCUT2D eigenvalue weighted by Gasteiger charge is -2.19. The fourth-order valence-electron chi connectivity index (χ4n) is 3.31. The van der Waals surface area contributed by atoms with Gasteiger partial charge in [0.2, 0.25) is 0 Å². The summed E-state index contributed by atoms with van der Waals surface area (Å²) in [7, 11) is 0. The second-order valence-electron chi connectivity index (χ2n) is 6.99. The van der Waals surface area contributed by atoms with Crippen LogP contribution < -0.4 is 10.1 Å². The number of aryl methyl sites for hydroxylation is 1. The number of carbonyl (C=O) groups is 1. The van der Waals surface area contributed by atoms with E-state index in [9.17, 15) is 4.79 Å². The van der Waals surface area contributed by atoms with E-state index in [4.69, 9.17) is 9.26 Å². The van der Waals surface area contributed by atoms with Crippen LogP contribution in [-0.2, 0) is 6.54 Å². The molecule has 0 atom stereocenters. The average molecular weight is 408 g/mol. The topological polar surface area (TPSA) is 67.6 Å². The van der Waals surface area contributed by atoms with Gasteiger partial charge in [0.05, 0.1) is 0 Å². The normalized spacial score (nSPS) is 10.9. The van der Waals surface area contributed by atoms with Crippen LogP contribution >= 0.6 is 0 Å². The lowest BCUT2D eigenvalue weighted by molar-refractivity contribution is 0.0949. The summed E-state index contributed by atoms with van der Waals surface area (Å²) in [6, 6.07) is 17.3. The van der Waals surface area contributed by atoms with Crippen molar-refractivity contribution in [3.05, 3.63) is 71.5 Å². The number of benzene rings is 2. The van der Waals surface area contributed by atoms with E-state index in [-0.39, 0.29) is 5.91 Å². The van der Waals surface area contributed by atoms with Gasteiger partial charge in [0, 0.05) is 24.2 Å². The molecule has 0 aliphatic carbocycles. The predicted molar refractivity (Wildman–Crippen MR) is 118 cm³/mol. The van der Waals surface area contributed by atoms with Crippen molar-refractivity contribution in [3.8, 4) is 17.0 Å². The quantitative estimate of drug-likeness (QED) is 0.543. The molecule has 1 aromatic heterocycles. The first-order valence-corrected chi connectivity index (χ1v) is 10.4. The summed E-state index contributed by atoms with van der Waals surface area (Å²) in [6.45, 7) is 9.87. The molecule has 30 heavy (non-hydrogen) atoms. The minimum absolute atomic E-state index is 0.217. The molecule has 6 nitrogen and oxygen atoms in total. The number of nitrogens with zero attached hydrogens (tertiary/aromatic N) is 2. The van der Waals surface area contributed by atoms with Crippen molar-refractivity contribution in [1.82, 2.24) is 15.4 Å². The summed E-state index contributed by atoms with van der Waals surface area (Å²) < 4.78 is 11.3. The smallest absolute Gasteiger partial charge is 0.257 e. The number of amides is 1. The monoisotopic (exact) mass is 407 g/mol. The SMILES string of the molecule is CCN(CC)CCOc1ccccc1CNC(=O)c1c(-c2ccccc2)noc1C. The van der Waals surface area contributed by atoms with Crippen LogP contribution in [0.1, 0.15) is 35.5 Å². The average Bonchev–Trinajstić information content (AvgIpc) is 3.18. The molecule has 6 heteroatoms. The Kier molecular flexibility index (Phi) is 7.63. The van der Waals surface area contributed by atoms with Gasteiger partial charge in [0.15, 0.2) is 0 Å². The number of para-hydroxylation sites is 1. The summed E-state index contributed by atoms with van der Waals surface area (Å²) in [4.78, 5) is 15.2. The molecule has 0 radical (unpaired) electrons. The van der Waals surface area contributed by atoms with Gasteiger partial charge in [-0.25, -0.2) is 0 Å². The van der Waals surface area contributed by atoms with E-state index in [0.717, 1.165) is 36.5 Å². The van der Waals surface area contributed by atoms with Gasteiger partial charge < -0.3 is 19.5 Å². The van der Waals surface area contributed by atoms with Gasteiger partial charge in [0.1, 0.15) is 29.4 Å². The third kappa shape index (κ3) is 5.27. The fourth-order valence-corrected chi connectivity index (χ4v) is 3.31. The highest BCUT2D eigenvalue weighted by molar-refractivity contribution is 6.00. The van der Waals surface area contributed by atoms with Crippen LogP contribution in [0.5, 0.6) is 5.75 Å². The van der Waals surface area contributed by atoms with E-state index in [0.29, 0.717) is 30.2 Å². The molecule has 2 aromatic carbocycles. The number of carbonyl (C=O) groups excluding carboxylic acids is 1. The first-order chi connectivity index (χ1) is 14.6. The van der Waals surface area contributed by atoms with Crippen molar-refractivity contribution in [2.24, 2.45) is 0 Å². The molecule has 1 heterocycles. The minimum Gasteiger partial charge on any atom is -0.492 e. The zero-order valence-corrected chi connectivity index (χ0v) is 17.9. The van der Waals surface area contributed by atoms with Crippen LogP contribution in [0.3, 0.4) is 0 Å². The van der Waals surface area contributed by atoms with Crippen molar-refractivity contribution < 1.29 is 14.1 Å². The molecule has 0 saturated heterocycles. The van der Waals surface area contributed by atoms with Gasteiger partial charge in [0.25, 0.3) is 5.91 Å². The maximum absolute atomic E-state index is 12.9. The van der Waals surface area contributed by atoms with Crippen molar-refractivity contribution in [1.29, 1.82) is 0 Å². The Morgan fingerprint density at radius 1 is 1.07 bits per heavy atom. The molecule has 158 valence electrons. The van der Waals surface area contributed by atoms with Crippen molar-refractivity contribution in [3.63, 3.8) is 0 Å². The lowest BCUT2D eigenvalue weighted by Crippen LogP contribution is -2.28. The summed E-state index contributed by atoms with van der Waals surface area (Å²) >= 11 is 0. The van der Waals surface area contributed by atoms with E-state index in [2.05, 4.69) is 29.2 Å². The van der Waals surface area contributed by atoms with Gasteiger partial charge in [-0.2, -0.15) is 0 Å². The molecule has 0 saturated carbocycles. The van der Waals surface area contributed by atoms with Crippen LogP contribution in [0.4, 0.5) is 0 Å². The van der Waals surface area contributed by atoms with Crippen LogP contribution in [0.25, 0.3) is 11.3 Å². The van der Waals surface area contributed by atoms with Gasteiger partial charge in [-0.1, -0.05) is 67.5 Å². The van der Waals surface area contributed by atoms with Gasteiger partial charge in [-0.3, -0.25) is 4.79 Å². The number of rotatable bonds is 10. The summed E-state index contributed by atoms with van der Waals surface area (Å²) in [5.74, 6) is 1.07. The molecule has 0 aliphatic rings. The predicted octanol–water partition coefficient (Wildman–Crippen LogP) is 4.30. The van der Waals surface area contributed by atoms with Gasteiger partial charge in [-0.05, 0) is 26.1 Å². The molecule has 0 fully saturated rings. The van der Waals surface area contributed by atoms with Gasteiger partial charge >= 0.3 is 0 Å². The second kappa shape index (κ2) is 10.6. The van der Waals surface area contributed by atoms with E-state index < -0.39 is 0 Å². The third-order valence-corrected chi connectivity index (χ3v) is 5.11. The first kappa shape index (κ1) is 21.6. The van der Waals surface area contributed by atoms with Crippen LogP contribution in [0.2, 0.25) is 0 Å². The maximum atomic E-state index is 12.9. The molecule has 3 aromatic rings. The Labute approximate surface area is 177 Å². The van der Waals surface area contributed by atoms with E-state index >= 15 is 0 Å².